The average molecular weight is 598 g/mol. The molecule has 0 unspecified atom stereocenters. The minimum absolute atomic E-state index is 0.0340. The molecule has 1 saturated heterocycles. The largest absolute Gasteiger partial charge is 0.379 e. The minimum Gasteiger partial charge on any atom is -0.379 e. The molecular weight excluding hydrogens is 566 g/mol. The zero-order valence-corrected chi connectivity index (χ0v) is 24.3. The highest BCUT2D eigenvalue weighted by molar-refractivity contribution is 7.90. The van der Waals surface area contributed by atoms with E-state index in [-0.39, 0.29) is 47.1 Å². The number of imidazole rings is 1. The Morgan fingerprint density at radius 1 is 1.05 bits per heavy atom. The van der Waals surface area contributed by atoms with E-state index in [9.17, 15) is 27.6 Å². The lowest BCUT2D eigenvalue weighted by Crippen LogP contribution is -2.41. The third-order valence-corrected chi connectivity index (χ3v) is 8.05. The Balaban J connectivity index is 1.46. The fraction of sp³-hybridized carbons (Fsp3) is 0.444. The maximum Gasteiger partial charge on any atom is 0.333 e. The molecule has 1 aliphatic carbocycles. The number of sulfone groups is 1. The van der Waals surface area contributed by atoms with E-state index in [4.69, 9.17) is 4.74 Å². The molecule has 0 spiro atoms. The summed E-state index contributed by atoms with van der Waals surface area (Å²) in [6.45, 7) is 2.42. The summed E-state index contributed by atoms with van der Waals surface area (Å²) in [5.41, 5.74) is -0.171. The zero-order valence-electron chi connectivity index (χ0n) is 23.5. The van der Waals surface area contributed by atoms with Crippen LogP contribution < -0.4 is 21.9 Å². The molecule has 2 amide bonds. The summed E-state index contributed by atoms with van der Waals surface area (Å²) < 4.78 is 32.9. The first-order valence-corrected chi connectivity index (χ1v) is 15.2. The smallest absolute Gasteiger partial charge is 0.333 e. The van der Waals surface area contributed by atoms with Gasteiger partial charge in [0.25, 0.3) is 5.56 Å². The summed E-state index contributed by atoms with van der Waals surface area (Å²) >= 11 is 0. The molecule has 5 rings (SSSR count). The van der Waals surface area contributed by atoms with Crippen LogP contribution >= 0.6 is 0 Å². The van der Waals surface area contributed by atoms with Crippen LogP contribution in [-0.4, -0.2) is 82.9 Å². The number of aryl methyl sites for hydroxylation is 1. The van der Waals surface area contributed by atoms with Crippen LogP contribution in [0.15, 0.2) is 32.9 Å². The Hall–Kier alpha value is -4.26. The number of carbonyl (C=O) groups is 2. The molecule has 0 atom stereocenters. The van der Waals surface area contributed by atoms with Crippen LogP contribution in [0.5, 0.6) is 0 Å². The Morgan fingerprint density at radius 2 is 1.71 bits per heavy atom. The van der Waals surface area contributed by atoms with Gasteiger partial charge < -0.3 is 19.9 Å². The normalized spacial score (nSPS) is 15.7. The van der Waals surface area contributed by atoms with Crippen molar-refractivity contribution in [3.05, 3.63) is 44.6 Å². The van der Waals surface area contributed by atoms with E-state index in [1.54, 1.807) is 18.2 Å². The number of hydrogen-bond acceptors (Lipinski definition) is 9. The molecule has 2 aromatic heterocycles. The number of ether oxygens (including phenoxy) is 1. The predicted molar refractivity (Wildman–Crippen MR) is 154 cm³/mol. The van der Waals surface area contributed by atoms with Gasteiger partial charge in [0, 0.05) is 56.3 Å². The molecule has 1 aliphatic heterocycles. The number of hydrogen-bond donors (Lipinski definition) is 2. The number of amides is 2. The van der Waals surface area contributed by atoms with Gasteiger partial charge in [0.1, 0.15) is 0 Å². The molecular formula is C27H31N7O7S. The van der Waals surface area contributed by atoms with Gasteiger partial charge in [-0.1, -0.05) is 11.8 Å². The molecule has 0 radical (unpaired) electrons. The number of rotatable bonds is 7. The fourth-order valence-corrected chi connectivity index (χ4v) is 5.54. The second-order valence-corrected chi connectivity index (χ2v) is 12.3. The second kappa shape index (κ2) is 11.6. The van der Waals surface area contributed by atoms with Crippen molar-refractivity contribution in [2.75, 3.05) is 49.7 Å². The topological polar surface area (TPSA) is 167 Å². The Kier molecular flexibility index (Phi) is 8.04. The number of carbonyl (C=O) groups excluding carboxylic acids is 2. The standard InChI is InChI=1S/C27H31N7O7S/c1-31-22-23(30-26(31)42(3,39)40)34(27(38)32(2)25(22)37)8-4-5-17-13-19(15-20(14-17)29-24(36)18-6-7-18)28-21(35)16-33-9-11-41-12-10-33/h13-15,18H,6-12,16H2,1-3H3,(H,28,35)(H,29,36). The summed E-state index contributed by atoms with van der Waals surface area (Å²) in [6.07, 6.45) is 2.62. The van der Waals surface area contributed by atoms with Gasteiger partial charge in [-0.25, -0.2) is 13.2 Å². The van der Waals surface area contributed by atoms with Gasteiger partial charge >= 0.3 is 5.69 Å². The maximum atomic E-state index is 13.0. The Morgan fingerprint density at radius 3 is 2.36 bits per heavy atom. The first kappa shape index (κ1) is 29.2. The van der Waals surface area contributed by atoms with Crippen molar-refractivity contribution >= 4 is 44.2 Å². The van der Waals surface area contributed by atoms with Crippen LogP contribution in [0.25, 0.3) is 11.2 Å². The van der Waals surface area contributed by atoms with E-state index in [1.807, 2.05) is 4.90 Å². The molecule has 1 saturated carbocycles. The molecule has 14 nitrogen and oxygen atoms in total. The van der Waals surface area contributed by atoms with E-state index >= 15 is 0 Å². The number of morpholine rings is 1. The molecule has 0 bridgehead atoms. The molecule has 3 heterocycles. The number of benzene rings is 1. The van der Waals surface area contributed by atoms with Crippen LogP contribution in [0.3, 0.4) is 0 Å². The number of anilines is 2. The monoisotopic (exact) mass is 597 g/mol. The maximum absolute atomic E-state index is 13.0. The van der Waals surface area contributed by atoms with Crippen LogP contribution in [0.1, 0.15) is 18.4 Å². The van der Waals surface area contributed by atoms with E-state index in [0.29, 0.717) is 43.2 Å². The minimum atomic E-state index is -3.78. The lowest BCUT2D eigenvalue weighted by Gasteiger charge is -2.25. The van der Waals surface area contributed by atoms with E-state index in [1.165, 1.54) is 14.1 Å². The fourth-order valence-electron chi connectivity index (χ4n) is 4.70. The van der Waals surface area contributed by atoms with Crippen molar-refractivity contribution in [1.29, 1.82) is 0 Å². The van der Waals surface area contributed by atoms with E-state index in [2.05, 4.69) is 27.5 Å². The summed E-state index contributed by atoms with van der Waals surface area (Å²) in [5, 5.41) is 5.38. The molecule has 2 aliphatic rings. The summed E-state index contributed by atoms with van der Waals surface area (Å²) in [6, 6.07) is 4.97. The van der Waals surface area contributed by atoms with Gasteiger partial charge in [0.2, 0.25) is 26.8 Å². The van der Waals surface area contributed by atoms with Crippen LogP contribution in [0, 0.1) is 17.8 Å². The number of nitrogens with one attached hydrogen (secondary N) is 2. The first-order chi connectivity index (χ1) is 19.9. The summed E-state index contributed by atoms with van der Waals surface area (Å²) in [7, 11) is -1.10. The van der Waals surface area contributed by atoms with Crippen molar-refractivity contribution in [3.63, 3.8) is 0 Å². The Bertz CT molecular complexity index is 1870. The molecule has 3 aromatic rings. The van der Waals surface area contributed by atoms with Crippen molar-refractivity contribution in [2.45, 2.75) is 24.5 Å². The number of fused-ring (bicyclic) bond motifs is 1. The quantitative estimate of drug-likeness (QED) is 0.342. The second-order valence-electron chi connectivity index (χ2n) is 10.4. The molecule has 222 valence electrons. The van der Waals surface area contributed by atoms with Crippen molar-refractivity contribution in [3.8, 4) is 11.8 Å². The molecule has 15 heteroatoms. The predicted octanol–water partition coefficient (Wildman–Crippen LogP) is -0.492. The lowest BCUT2D eigenvalue weighted by atomic mass is 10.1. The van der Waals surface area contributed by atoms with Crippen LogP contribution in [0.4, 0.5) is 11.4 Å². The average Bonchev–Trinajstić information content (AvgIpc) is 3.72. The first-order valence-electron chi connectivity index (χ1n) is 13.3. The molecule has 2 N–H and O–H groups in total. The van der Waals surface area contributed by atoms with Gasteiger partial charge in [-0.3, -0.25) is 28.4 Å². The van der Waals surface area contributed by atoms with E-state index in [0.717, 1.165) is 32.8 Å². The van der Waals surface area contributed by atoms with Crippen molar-refractivity contribution in [2.24, 2.45) is 20.0 Å². The molecule has 42 heavy (non-hydrogen) atoms. The van der Waals surface area contributed by atoms with Crippen molar-refractivity contribution in [1.82, 2.24) is 23.6 Å². The zero-order chi connectivity index (χ0) is 30.2. The third kappa shape index (κ3) is 6.30. The number of nitrogens with zero attached hydrogens (tertiary/aromatic N) is 5. The van der Waals surface area contributed by atoms with E-state index < -0.39 is 21.1 Å². The Labute approximate surface area is 241 Å². The summed E-state index contributed by atoms with van der Waals surface area (Å²) in [4.78, 5) is 56.9. The third-order valence-electron chi connectivity index (χ3n) is 7.02. The molecule has 2 fully saturated rings. The van der Waals surface area contributed by atoms with Crippen LogP contribution in [0.2, 0.25) is 0 Å². The SMILES string of the molecule is Cn1c(=O)c2c(nc(S(C)(=O)=O)n2C)n(CC#Cc2cc(NC(=O)CN3CCOCC3)cc(NC(=O)C3CC3)c2)c1=O. The van der Waals surface area contributed by atoms with Crippen molar-refractivity contribution < 1.29 is 22.7 Å². The lowest BCUT2D eigenvalue weighted by molar-refractivity contribution is -0.118. The number of aromatic nitrogens is 4. The highest BCUT2D eigenvalue weighted by Gasteiger charge is 2.29. The highest BCUT2D eigenvalue weighted by atomic mass is 32.2. The van der Waals surface area contributed by atoms with Gasteiger partial charge in [-0.05, 0) is 31.0 Å². The van der Waals surface area contributed by atoms with Gasteiger partial charge in [-0.15, -0.1) is 0 Å². The van der Waals surface area contributed by atoms with Gasteiger partial charge in [0.05, 0.1) is 26.3 Å². The highest BCUT2D eigenvalue weighted by Crippen LogP contribution is 2.30. The molecule has 1 aromatic carbocycles. The summed E-state index contributed by atoms with van der Waals surface area (Å²) in [5.74, 6) is 5.46. The van der Waals surface area contributed by atoms with Gasteiger partial charge in [0.15, 0.2) is 11.2 Å². The van der Waals surface area contributed by atoms with Gasteiger partial charge in [-0.2, -0.15) is 4.98 Å². The van der Waals surface area contributed by atoms with Crippen LogP contribution in [-0.2, 0) is 44.8 Å².